The van der Waals surface area contributed by atoms with Crippen molar-refractivity contribution in [1.82, 2.24) is 0 Å². The molecular weight excluding hydrogens is 444 g/mol. The maximum Gasteiger partial charge on any atom is 0.185 e. The summed E-state index contributed by atoms with van der Waals surface area (Å²) >= 11 is 0. The standard InChI is InChI=1S/C29H32O6/c1-2-29(31)26-24(32-18-20-12-6-3-7-13-20)23(30)25(33-19-21-14-8-4-9-15-21)27(29)35-28(34-26)22-16-10-5-11-17-22/h3-17,23-28,30-31H,2,18-19H2,1H3/t23?,24-,25+,26-,27+,28?,29?. The first kappa shape index (κ1) is 24.1. The Morgan fingerprint density at radius 2 is 1.14 bits per heavy atom. The van der Waals surface area contributed by atoms with Gasteiger partial charge in [-0.05, 0) is 17.5 Å². The second-order valence-electron chi connectivity index (χ2n) is 9.21. The molecule has 0 spiro atoms. The average molecular weight is 477 g/mol. The molecule has 1 saturated carbocycles. The van der Waals surface area contributed by atoms with Crippen LogP contribution < -0.4 is 0 Å². The van der Waals surface area contributed by atoms with Crippen molar-refractivity contribution in [3.05, 3.63) is 108 Å². The number of hydrogen-bond acceptors (Lipinski definition) is 6. The molecule has 2 bridgehead atoms. The largest absolute Gasteiger partial charge is 0.387 e. The van der Waals surface area contributed by atoms with Crippen LogP contribution in [0.1, 0.15) is 36.3 Å². The Labute approximate surface area is 206 Å². The predicted octanol–water partition coefficient (Wildman–Crippen LogP) is 4.16. The first-order valence-corrected chi connectivity index (χ1v) is 12.2. The summed E-state index contributed by atoms with van der Waals surface area (Å²) in [7, 11) is 0. The monoisotopic (exact) mass is 476 g/mol. The first-order valence-electron chi connectivity index (χ1n) is 12.2. The molecule has 2 aliphatic rings. The Morgan fingerprint density at radius 1 is 0.714 bits per heavy atom. The second-order valence-corrected chi connectivity index (χ2v) is 9.21. The van der Waals surface area contributed by atoms with E-state index >= 15 is 0 Å². The minimum atomic E-state index is -1.40. The van der Waals surface area contributed by atoms with E-state index in [4.69, 9.17) is 18.9 Å². The highest BCUT2D eigenvalue weighted by Gasteiger charge is 2.64. The fourth-order valence-electron chi connectivity index (χ4n) is 5.04. The van der Waals surface area contributed by atoms with E-state index in [1.165, 1.54) is 0 Å². The molecule has 3 aromatic carbocycles. The van der Waals surface area contributed by atoms with E-state index in [1.807, 2.05) is 97.9 Å². The van der Waals surface area contributed by atoms with Crippen LogP contribution in [-0.2, 0) is 32.2 Å². The van der Waals surface area contributed by atoms with Gasteiger partial charge in [-0.15, -0.1) is 0 Å². The van der Waals surface area contributed by atoms with Crippen molar-refractivity contribution in [2.75, 3.05) is 0 Å². The van der Waals surface area contributed by atoms with Crippen LogP contribution in [0.15, 0.2) is 91.0 Å². The number of ether oxygens (including phenoxy) is 4. The number of rotatable bonds is 8. The third-order valence-electron chi connectivity index (χ3n) is 7.00. The number of fused-ring (bicyclic) bond motifs is 2. The van der Waals surface area contributed by atoms with Crippen LogP contribution in [0.25, 0.3) is 0 Å². The van der Waals surface area contributed by atoms with Crippen LogP contribution in [0.5, 0.6) is 0 Å². The molecule has 2 N–H and O–H groups in total. The van der Waals surface area contributed by atoms with Gasteiger partial charge in [0, 0.05) is 5.56 Å². The molecule has 0 radical (unpaired) electrons. The predicted molar refractivity (Wildman–Crippen MR) is 130 cm³/mol. The highest BCUT2D eigenvalue weighted by atomic mass is 16.7. The maximum absolute atomic E-state index is 11.9. The van der Waals surface area contributed by atoms with Gasteiger partial charge in [0.25, 0.3) is 0 Å². The Balaban J connectivity index is 1.46. The lowest BCUT2D eigenvalue weighted by Gasteiger charge is -2.57. The van der Waals surface area contributed by atoms with Gasteiger partial charge in [0.1, 0.15) is 36.1 Å². The van der Waals surface area contributed by atoms with Gasteiger partial charge in [-0.3, -0.25) is 0 Å². The van der Waals surface area contributed by atoms with E-state index in [2.05, 4.69) is 0 Å². The molecular formula is C29H32O6. The normalized spacial score (nSPS) is 32.3. The molecule has 1 saturated heterocycles. The van der Waals surface area contributed by atoms with Gasteiger partial charge >= 0.3 is 0 Å². The Kier molecular flexibility index (Phi) is 7.29. The lowest BCUT2D eigenvalue weighted by molar-refractivity contribution is -0.397. The summed E-state index contributed by atoms with van der Waals surface area (Å²) in [6.45, 7) is 2.43. The van der Waals surface area contributed by atoms with Crippen LogP contribution >= 0.6 is 0 Å². The van der Waals surface area contributed by atoms with Crippen molar-refractivity contribution in [3.8, 4) is 0 Å². The van der Waals surface area contributed by atoms with Crippen molar-refractivity contribution in [2.24, 2.45) is 0 Å². The minimum Gasteiger partial charge on any atom is -0.387 e. The van der Waals surface area contributed by atoms with E-state index in [0.29, 0.717) is 6.42 Å². The molecule has 1 aliphatic heterocycles. The van der Waals surface area contributed by atoms with Crippen LogP contribution in [-0.4, -0.2) is 46.3 Å². The fourth-order valence-corrected chi connectivity index (χ4v) is 5.04. The van der Waals surface area contributed by atoms with E-state index < -0.39 is 42.4 Å². The molecule has 2 fully saturated rings. The van der Waals surface area contributed by atoms with Gasteiger partial charge < -0.3 is 29.2 Å². The van der Waals surface area contributed by atoms with E-state index in [9.17, 15) is 10.2 Å². The van der Waals surface area contributed by atoms with Crippen molar-refractivity contribution < 1.29 is 29.2 Å². The number of hydrogen-bond donors (Lipinski definition) is 2. The van der Waals surface area contributed by atoms with Crippen molar-refractivity contribution in [3.63, 3.8) is 0 Å². The van der Waals surface area contributed by atoms with Crippen molar-refractivity contribution >= 4 is 0 Å². The Hall–Kier alpha value is -2.58. The summed E-state index contributed by atoms with van der Waals surface area (Å²) in [6.07, 6.45) is -4.64. The van der Waals surface area contributed by atoms with Crippen molar-refractivity contribution in [2.45, 2.75) is 69.0 Å². The lowest BCUT2D eigenvalue weighted by Crippen LogP contribution is -2.75. The molecule has 6 heteroatoms. The number of aliphatic hydroxyl groups excluding tert-OH is 1. The van der Waals surface area contributed by atoms with Gasteiger partial charge in [0.05, 0.1) is 13.2 Å². The Bertz CT molecular complexity index is 999. The molecule has 6 nitrogen and oxygen atoms in total. The van der Waals surface area contributed by atoms with Crippen LogP contribution in [0.2, 0.25) is 0 Å². The number of benzene rings is 3. The molecule has 0 aromatic heterocycles. The van der Waals surface area contributed by atoms with Gasteiger partial charge in [-0.1, -0.05) is 97.9 Å². The maximum atomic E-state index is 11.9. The SMILES string of the molecule is CCC1(O)[C@@H]2OC(c3ccccc3)O[C@H]1[C@@H](OCc1ccccc1)C(O)[C@H]2OCc1ccccc1. The summed E-state index contributed by atoms with van der Waals surface area (Å²) in [4.78, 5) is 0. The minimum absolute atomic E-state index is 0.273. The van der Waals surface area contributed by atoms with Gasteiger partial charge in [-0.2, -0.15) is 0 Å². The van der Waals surface area contributed by atoms with Crippen LogP contribution in [0.3, 0.4) is 0 Å². The van der Waals surface area contributed by atoms with Gasteiger partial charge in [0.15, 0.2) is 6.29 Å². The molecule has 5 rings (SSSR count). The summed E-state index contributed by atoms with van der Waals surface area (Å²) in [5.41, 5.74) is 1.37. The van der Waals surface area contributed by atoms with Crippen LogP contribution in [0, 0.1) is 0 Å². The van der Waals surface area contributed by atoms with Crippen molar-refractivity contribution in [1.29, 1.82) is 0 Å². The molecule has 3 unspecified atom stereocenters. The zero-order chi connectivity index (χ0) is 24.3. The highest BCUT2D eigenvalue weighted by molar-refractivity contribution is 5.21. The topological polar surface area (TPSA) is 77.4 Å². The van der Waals surface area contributed by atoms with E-state index in [1.54, 1.807) is 0 Å². The molecule has 184 valence electrons. The quantitative estimate of drug-likeness (QED) is 0.509. The molecule has 35 heavy (non-hydrogen) atoms. The highest BCUT2D eigenvalue weighted by Crippen LogP contribution is 2.47. The van der Waals surface area contributed by atoms with E-state index in [-0.39, 0.29) is 13.2 Å². The summed E-state index contributed by atoms with van der Waals surface area (Å²) in [5, 5.41) is 23.3. The molecule has 1 heterocycles. The summed E-state index contributed by atoms with van der Waals surface area (Å²) < 4.78 is 25.2. The Morgan fingerprint density at radius 3 is 1.57 bits per heavy atom. The zero-order valence-electron chi connectivity index (χ0n) is 19.8. The van der Waals surface area contributed by atoms with E-state index in [0.717, 1.165) is 16.7 Å². The molecule has 3 aromatic rings. The zero-order valence-corrected chi connectivity index (χ0v) is 19.8. The summed E-state index contributed by atoms with van der Waals surface area (Å²) in [5.74, 6) is 0. The fraction of sp³-hybridized carbons (Fsp3) is 0.379. The molecule has 7 atom stereocenters. The third kappa shape index (κ3) is 4.91. The second kappa shape index (κ2) is 10.6. The summed E-state index contributed by atoms with van der Waals surface area (Å²) in [6, 6.07) is 29.1. The average Bonchev–Trinajstić information content (AvgIpc) is 2.91. The number of aliphatic hydroxyl groups is 2. The smallest absolute Gasteiger partial charge is 0.185 e. The first-order chi connectivity index (χ1) is 17.1. The molecule has 1 aliphatic carbocycles. The molecule has 0 amide bonds. The lowest BCUT2D eigenvalue weighted by atomic mass is 9.72. The van der Waals surface area contributed by atoms with Crippen LogP contribution in [0.4, 0.5) is 0 Å². The van der Waals surface area contributed by atoms with Gasteiger partial charge in [-0.25, -0.2) is 0 Å². The third-order valence-corrected chi connectivity index (χ3v) is 7.00. The van der Waals surface area contributed by atoms with Gasteiger partial charge in [0.2, 0.25) is 0 Å².